The average molecular weight is 443 g/mol. The molecule has 32 heavy (non-hydrogen) atoms. The summed E-state index contributed by atoms with van der Waals surface area (Å²) in [6, 6.07) is 0. The Bertz CT molecular complexity index is 770. The van der Waals surface area contributed by atoms with Gasteiger partial charge in [0.15, 0.2) is 0 Å². The zero-order valence-electron chi connectivity index (χ0n) is 21.4. The maximum absolute atomic E-state index is 11.5. The van der Waals surface area contributed by atoms with E-state index in [1.165, 1.54) is 44.9 Å². The summed E-state index contributed by atoms with van der Waals surface area (Å²) in [6.45, 7) is 13.9. The number of fused-ring (bicyclic) bond motifs is 7. The highest BCUT2D eigenvalue weighted by Gasteiger charge is 2.64. The van der Waals surface area contributed by atoms with E-state index in [1.807, 2.05) is 0 Å². The Balaban J connectivity index is 1.33. The molecule has 0 aromatic rings. The van der Waals surface area contributed by atoms with Crippen molar-refractivity contribution in [3.8, 4) is 0 Å². The average Bonchev–Trinajstić information content (AvgIpc) is 3.20. The van der Waals surface area contributed by atoms with E-state index in [0.717, 1.165) is 42.4 Å². The van der Waals surface area contributed by atoms with Crippen LogP contribution in [0.5, 0.6) is 0 Å². The molecule has 180 valence electrons. The fraction of sp³-hybridized carbons (Fsp3) is 0.897. The van der Waals surface area contributed by atoms with Crippen LogP contribution in [0.15, 0.2) is 11.6 Å². The van der Waals surface area contributed by atoms with E-state index in [2.05, 4.69) is 40.7 Å². The van der Waals surface area contributed by atoms with E-state index in [1.54, 1.807) is 12.5 Å². The van der Waals surface area contributed by atoms with Gasteiger partial charge in [-0.2, -0.15) is 0 Å². The lowest BCUT2D eigenvalue weighted by atomic mass is 9.47. The molecule has 4 aliphatic carbocycles. The maximum atomic E-state index is 11.5. The maximum Gasteiger partial charge on any atom is 0.302 e. The summed E-state index contributed by atoms with van der Waals surface area (Å²) in [6.07, 6.45) is 14.6. The molecule has 1 saturated heterocycles. The summed E-state index contributed by atoms with van der Waals surface area (Å²) in [5.41, 5.74) is 2.36. The van der Waals surface area contributed by atoms with Gasteiger partial charge in [0.1, 0.15) is 6.10 Å². The molecule has 3 nitrogen and oxygen atoms in total. The monoisotopic (exact) mass is 442 g/mol. The van der Waals surface area contributed by atoms with E-state index < -0.39 is 0 Å². The Kier molecular flexibility index (Phi) is 5.83. The molecule has 5 rings (SSSR count). The lowest BCUT2D eigenvalue weighted by Gasteiger charge is -2.58. The van der Waals surface area contributed by atoms with Crippen molar-refractivity contribution in [2.45, 2.75) is 118 Å². The third kappa shape index (κ3) is 3.51. The molecule has 1 aliphatic heterocycles. The minimum absolute atomic E-state index is 0.0973. The molecule has 0 radical (unpaired) electrons. The molecule has 0 bridgehead atoms. The number of carbonyl (C=O) groups excluding carboxylic acids is 1. The highest BCUT2D eigenvalue weighted by molar-refractivity contribution is 5.66. The Hall–Kier alpha value is -0.830. The number of ether oxygens (including phenoxy) is 2. The smallest absolute Gasteiger partial charge is 0.302 e. The van der Waals surface area contributed by atoms with E-state index >= 15 is 0 Å². The minimum atomic E-state index is -0.125. The SMILES string of the molecule is CC(=O)O[C@H]1CC[C@@]2(C)C(=CC[C@H]3[C@@H]4C[C@@H]5O[C@H](CCC(C)C)[C@@H](C)[C@@H]5[C@@]4(C)CC[C@@H]32)C1. The molecule has 10 atom stereocenters. The van der Waals surface area contributed by atoms with Crippen molar-refractivity contribution in [1.29, 1.82) is 0 Å². The first-order valence-electron chi connectivity index (χ1n) is 13.7. The molecule has 1 heterocycles. The van der Waals surface area contributed by atoms with Crippen molar-refractivity contribution >= 4 is 5.97 Å². The van der Waals surface area contributed by atoms with Gasteiger partial charge in [0.2, 0.25) is 0 Å². The van der Waals surface area contributed by atoms with Crippen molar-refractivity contribution < 1.29 is 14.3 Å². The van der Waals surface area contributed by atoms with Gasteiger partial charge in [-0.15, -0.1) is 0 Å². The number of carbonyl (C=O) groups is 1. The zero-order valence-corrected chi connectivity index (χ0v) is 21.4. The van der Waals surface area contributed by atoms with Gasteiger partial charge in [0, 0.05) is 13.3 Å². The van der Waals surface area contributed by atoms with Gasteiger partial charge < -0.3 is 9.47 Å². The van der Waals surface area contributed by atoms with Crippen LogP contribution in [0, 0.1) is 46.3 Å². The molecule has 0 spiro atoms. The fourth-order valence-corrected chi connectivity index (χ4v) is 9.48. The second-order valence-corrected chi connectivity index (χ2v) is 13.1. The summed E-state index contributed by atoms with van der Waals surface area (Å²) < 4.78 is 12.4. The van der Waals surface area contributed by atoms with Crippen molar-refractivity contribution in [3.63, 3.8) is 0 Å². The minimum Gasteiger partial charge on any atom is -0.462 e. The summed E-state index contributed by atoms with van der Waals surface area (Å²) in [5, 5.41) is 0. The largest absolute Gasteiger partial charge is 0.462 e. The lowest BCUT2D eigenvalue weighted by molar-refractivity contribution is -0.148. The van der Waals surface area contributed by atoms with Crippen molar-refractivity contribution in [3.05, 3.63) is 11.6 Å². The zero-order chi connectivity index (χ0) is 22.8. The molecule has 0 N–H and O–H groups in total. The van der Waals surface area contributed by atoms with E-state index in [0.29, 0.717) is 29.0 Å². The van der Waals surface area contributed by atoms with E-state index in [4.69, 9.17) is 9.47 Å². The summed E-state index contributed by atoms with van der Waals surface area (Å²) in [7, 11) is 0. The molecular weight excluding hydrogens is 396 g/mol. The van der Waals surface area contributed by atoms with Gasteiger partial charge in [-0.05, 0) is 97.7 Å². The van der Waals surface area contributed by atoms with Crippen LogP contribution in [0.3, 0.4) is 0 Å². The van der Waals surface area contributed by atoms with Crippen LogP contribution < -0.4 is 0 Å². The topological polar surface area (TPSA) is 35.5 Å². The lowest BCUT2D eigenvalue weighted by Crippen LogP contribution is -2.51. The first-order valence-corrected chi connectivity index (χ1v) is 13.7. The molecular formula is C29H46O3. The van der Waals surface area contributed by atoms with Crippen LogP contribution in [-0.2, 0) is 14.3 Å². The van der Waals surface area contributed by atoms with E-state index in [-0.39, 0.29) is 12.1 Å². The highest BCUT2D eigenvalue weighted by atomic mass is 16.5. The first-order chi connectivity index (χ1) is 15.1. The number of rotatable bonds is 4. The van der Waals surface area contributed by atoms with Gasteiger partial charge in [0.25, 0.3) is 0 Å². The number of hydrogen-bond acceptors (Lipinski definition) is 3. The van der Waals surface area contributed by atoms with Crippen LogP contribution >= 0.6 is 0 Å². The third-order valence-corrected chi connectivity index (χ3v) is 11.0. The number of allylic oxidation sites excluding steroid dienone is 1. The Morgan fingerprint density at radius 3 is 2.72 bits per heavy atom. The molecule has 0 amide bonds. The summed E-state index contributed by atoms with van der Waals surface area (Å²) >= 11 is 0. The predicted octanol–water partition coefficient (Wildman–Crippen LogP) is 6.95. The molecule has 5 aliphatic rings. The van der Waals surface area contributed by atoms with Gasteiger partial charge in [-0.1, -0.05) is 46.3 Å². The van der Waals surface area contributed by atoms with Crippen molar-refractivity contribution in [2.75, 3.05) is 0 Å². The van der Waals surface area contributed by atoms with Gasteiger partial charge in [-0.25, -0.2) is 0 Å². The Morgan fingerprint density at radius 2 is 2.00 bits per heavy atom. The number of hydrogen-bond donors (Lipinski definition) is 0. The number of esters is 1. The van der Waals surface area contributed by atoms with Crippen molar-refractivity contribution in [2.24, 2.45) is 46.3 Å². The molecule has 0 aromatic heterocycles. The van der Waals surface area contributed by atoms with E-state index in [9.17, 15) is 4.79 Å². The first kappa shape index (κ1) is 22.9. The Labute approximate surface area is 196 Å². The molecule has 3 saturated carbocycles. The second-order valence-electron chi connectivity index (χ2n) is 13.1. The normalized spacial score (nSPS) is 49.7. The third-order valence-electron chi connectivity index (χ3n) is 11.0. The van der Waals surface area contributed by atoms with Crippen molar-refractivity contribution in [1.82, 2.24) is 0 Å². The second kappa shape index (κ2) is 8.14. The van der Waals surface area contributed by atoms with Gasteiger partial charge >= 0.3 is 5.97 Å². The van der Waals surface area contributed by atoms with Crippen LogP contribution in [0.1, 0.15) is 99.3 Å². The predicted molar refractivity (Wildman–Crippen MR) is 128 cm³/mol. The summed E-state index contributed by atoms with van der Waals surface area (Å²) in [4.78, 5) is 11.5. The van der Waals surface area contributed by atoms with Gasteiger partial charge in [-0.3, -0.25) is 4.79 Å². The highest BCUT2D eigenvalue weighted by Crippen LogP contribution is 2.69. The standard InChI is InChI=1S/C29H46O3/c1-17(2)7-10-25-18(3)27-26(32-25)16-24-22-9-8-20-15-21(31-19(4)30)11-13-28(20,5)23(22)12-14-29(24,27)6/h8,17-18,21-27H,7,9-16H2,1-6H3/t18-,21+,22-,23+,24+,25-,26+,27+,28+,29+/m1/s1. The Morgan fingerprint density at radius 1 is 1.22 bits per heavy atom. The quantitative estimate of drug-likeness (QED) is 0.349. The van der Waals surface area contributed by atoms with Crippen LogP contribution in [0.25, 0.3) is 0 Å². The molecule has 3 heteroatoms. The summed E-state index contributed by atoms with van der Waals surface area (Å²) in [5.74, 6) is 4.52. The molecule has 4 fully saturated rings. The fourth-order valence-electron chi connectivity index (χ4n) is 9.48. The van der Waals surface area contributed by atoms with Crippen LogP contribution in [0.2, 0.25) is 0 Å². The van der Waals surface area contributed by atoms with Gasteiger partial charge in [0.05, 0.1) is 12.2 Å². The van der Waals surface area contributed by atoms with Crippen LogP contribution in [0.4, 0.5) is 0 Å². The molecule has 0 unspecified atom stereocenters. The molecule has 0 aromatic carbocycles. The van der Waals surface area contributed by atoms with Crippen LogP contribution in [-0.4, -0.2) is 24.3 Å².